The summed E-state index contributed by atoms with van der Waals surface area (Å²) >= 11 is 0. The fourth-order valence-electron chi connectivity index (χ4n) is 2.38. The number of anilines is 2. The monoisotopic (exact) mass is 356 g/mol. The molecule has 2 N–H and O–H groups in total. The summed E-state index contributed by atoms with van der Waals surface area (Å²) in [4.78, 5) is 19.3. The Morgan fingerprint density at radius 1 is 0.923 bits per heavy atom. The highest BCUT2D eigenvalue weighted by Gasteiger charge is 2.32. The van der Waals surface area contributed by atoms with Crippen LogP contribution in [0.2, 0.25) is 0 Å². The molecular formula is C17H11F3N6. The minimum Gasteiger partial charge on any atom is -0.337 e. The van der Waals surface area contributed by atoms with E-state index in [0.29, 0.717) is 34.1 Å². The maximum atomic E-state index is 12.6. The molecule has 0 aliphatic heterocycles. The lowest BCUT2D eigenvalue weighted by Crippen LogP contribution is -2.07. The van der Waals surface area contributed by atoms with Gasteiger partial charge in [0.25, 0.3) is 0 Å². The first kappa shape index (κ1) is 16.0. The van der Waals surface area contributed by atoms with Crippen molar-refractivity contribution in [1.29, 1.82) is 0 Å². The van der Waals surface area contributed by atoms with E-state index in [4.69, 9.17) is 0 Å². The van der Waals surface area contributed by atoms with Gasteiger partial charge in [-0.1, -0.05) is 6.07 Å². The van der Waals surface area contributed by atoms with Crippen molar-refractivity contribution in [3.05, 3.63) is 60.7 Å². The van der Waals surface area contributed by atoms with Crippen LogP contribution in [0.5, 0.6) is 0 Å². The first-order chi connectivity index (χ1) is 12.5. The molecule has 4 aromatic rings. The Morgan fingerprint density at radius 3 is 2.50 bits per heavy atom. The lowest BCUT2D eigenvalue weighted by atomic mass is 10.2. The smallest absolute Gasteiger partial charge is 0.337 e. The second-order valence-electron chi connectivity index (χ2n) is 5.44. The number of aromatic amines is 1. The number of alkyl halides is 3. The lowest BCUT2D eigenvalue weighted by molar-refractivity contribution is -0.141. The molecule has 0 aliphatic carbocycles. The Balaban J connectivity index is 1.63. The van der Waals surface area contributed by atoms with Gasteiger partial charge in [0, 0.05) is 24.0 Å². The molecule has 0 bridgehead atoms. The number of nitrogens with zero attached hydrogens (tertiary/aromatic N) is 4. The molecular weight excluding hydrogens is 345 g/mol. The minimum atomic E-state index is -4.47. The van der Waals surface area contributed by atoms with Gasteiger partial charge in [0.2, 0.25) is 0 Å². The molecule has 0 fully saturated rings. The SMILES string of the molecule is FC(F)(F)c1ccc(-c2nc3cc(Nc4ccccn4)ncc3[nH]2)cn1. The standard InChI is InChI=1S/C17H11F3N6/c18-17(19,20)13-5-4-10(8-22-13)16-24-11-7-15(23-9-12(11)25-16)26-14-3-1-2-6-21-14/h1-9H,(H,24,25)(H,21,23,26). The van der Waals surface area contributed by atoms with Crippen LogP contribution in [-0.2, 0) is 6.18 Å². The van der Waals surface area contributed by atoms with E-state index in [-0.39, 0.29) is 0 Å². The summed E-state index contributed by atoms with van der Waals surface area (Å²) in [5.41, 5.74) is 0.786. The number of hydrogen-bond acceptors (Lipinski definition) is 5. The van der Waals surface area contributed by atoms with E-state index in [0.717, 1.165) is 12.3 Å². The normalized spacial score (nSPS) is 11.7. The molecule has 0 aliphatic rings. The number of halogens is 3. The zero-order chi connectivity index (χ0) is 18.1. The van der Waals surface area contributed by atoms with Crippen LogP contribution in [-0.4, -0.2) is 24.9 Å². The topological polar surface area (TPSA) is 79.4 Å². The summed E-state index contributed by atoms with van der Waals surface area (Å²) in [5, 5.41) is 3.06. The molecule has 0 radical (unpaired) electrons. The van der Waals surface area contributed by atoms with E-state index in [9.17, 15) is 13.2 Å². The summed E-state index contributed by atoms with van der Waals surface area (Å²) in [6.45, 7) is 0. The van der Waals surface area contributed by atoms with E-state index < -0.39 is 11.9 Å². The number of nitrogens with one attached hydrogen (secondary N) is 2. The highest BCUT2D eigenvalue weighted by molar-refractivity contribution is 5.81. The van der Waals surface area contributed by atoms with E-state index in [1.165, 1.54) is 6.07 Å². The molecule has 0 unspecified atom stereocenters. The maximum absolute atomic E-state index is 12.6. The quantitative estimate of drug-likeness (QED) is 0.576. The Morgan fingerprint density at radius 2 is 1.81 bits per heavy atom. The van der Waals surface area contributed by atoms with Crippen LogP contribution in [0.3, 0.4) is 0 Å². The van der Waals surface area contributed by atoms with E-state index in [1.807, 2.05) is 6.07 Å². The Hall–Kier alpha value is -3.49. The third-order valence-electron chi connectivity index (χ3n) is 3.62. The first-order valence-electron chi connectivity index (χ1n) is 7.56. The van der Waals surface area contributed by atoms with Gasteiger partial charge < -0.3 is 10.3 Å². The molecule has 4 rings (SSSR count). The number of imidazole rings is 1. The maximum Gasteiger partial charge on any atom is 0.433 e. The van der Waals surface area contributed by atoms with Crippen LogP contribution in [0.1, 0.15) is 5.69 Å². The predicted molar refractivity (Wildman–Crippen MR) is 89.6 cm³/mol. The van der Waals surface area contributed by atoms with Crippen LogP contribution >= 0.6 is 0 Å². The molecule has 0 saturated heterocycles. The van der Waals surface area contributed by atoms with E-state index in [2.05, 4.69) is 30.2 Å². The molecule has 0 amide bonds. The van der Waals surface area contributed by atoms with Crippen molar-refractivity contribution in [3.63, 3.8) is 0 Å². The van der Waals surface area contributed by atoms with Crippen molar-refractivity contribution < 1.29 is 13.2 Å². The number of pyridine rings is 3. The Kier molecular flexibility index (Phi) is 3.76. The molecule has 130 valence electrons. The van der Waals surface area contributed by atoms with Gasteiger partial charge in [-0.15, -0.1) is 0 Å². The number of fused-ring (bicyclic) bond motifs is 1. The highest BCUT2D eigenvalue weighted by atomic mass is 19.4. The molecule has 0 aromatic carbocycles. The van der Waals surface area contributed by atoms with Gasteiger partial charge in [-0.3, -0.25) is 4.98 Å². The summed E-state index contributed by atoms with van der Waals surface area (Å²) < 4.78 is 37.8. The van der Waals surface area contributed by atoms with Gasteiger partial charge in [-0.25, -0.2) is 15.0 Å². The van der Waals surface area contributed by atoms with Crippen LogP contribution in [0.4, 0.5) is 24.8 Å². The molecule has 9 heteroatoms. The number of hydrogen-bond donors (Lipinski definition) is 2. The van der Waals surface area contributed by atoms with E-state index >= 15 is 0 Å². The molecule has 6 nitrogen and oxygen atoms in total. The minimum absolute atomic E-state index is 0.415. The molecule has 0 saturated carbocycles. The van der Waals surface area contributed by atoms with Crippen molar-refractivity contribution in [3.8, 4) is 11.4 Å². The summed E-state index contributed by atoms with van der Waals surface area (Å²) in [7, 11) is 0. The highest BCUT2D eigenvalue weighted by Crippen LogP contribution is 2.29. The summed E-state index contributed by atoms with van der Waals surface area (Å²) in [6, 6.07) is 9.43. The molecule has 4 aromatic heterocycles. The lowest BCUT2D eigenvalue weighted by Gasteiger charge is -2.05. The Bertz CT molecular complexity index is 1040. The average molecular weight is 356 g/mol. The zero-order valence-corrected chi connectivity index (χ0v) is 13.1. The largest absolute Gasteiger partial charge is 0.433 e. The third-order valence-corrected chi connectivity index (χ3v) is 3.62. The third kappa shape index (κ3) is 3.18. The van der Waals surface area contributed by atoms with Crippen LogP contribution < -0.4 is 5.32 Å². The van der Waals surface area contributed by atoms with Crippen molar-refractivity contribution >= 4 is 22.7 Å². The number of aromatic nitrogens is 5. The molecule has 26 heavy (non-hydrogen) atoms. The van der Waals surface area contributed by atoms with Gasteiger partial charge in [0.1, 0.15) is 23.2 Å². The van der Waals surface area contributed by atoms with E-state index in [1.54, 1.807) is 30.6 Å². The molecule has 0 atom stereocenters. The fraction of sp³-hybridized carbons (Fsp3) is 0.0588. The summed E-state index contributed by atoms with van der Waals surface area (Å²) in [5.74, 6) is 1.61. The summed E-state index contributed by atoms with van der Waals surface area (Å²) in [6.07, 6.45) is -0.0802. The van der Waals surface area contributed by atoms with Gasteiger partial charge in [0.15, 0.2) is 0 Å². The average Bonchev–Trinajstić information content (AvgIpc) is 3.05. The van der Waals surface area contributed by atoms with Crippen molar-refractivity contribution in [1.82, 2.24) is 24.9 Å². The predicted octanol–water partition coefficient (Wildman–Crippen LogP) is 4.18. The van der Waals surface area contributed by atoms with Crippen molar-refractivity contribution in [2.24, 2.45) is 0 Å². The van der Waals surface area contributed by atoms with Gasteiger partial charge >= 0.3 is 6.18 Å². The van der Waals surface area contributed by atoms with Crippen molar-refractivity contribution in [2.45, 2.75) is 6.18 Å². The fourth-order valence-corrected chi connectivity index (χ4v) is 2.38. The van der Waals surface area contributed by atoms with Crippen LogP contribution in [0.25, 0.3) is 22.4 Å². The van der Waals surface area contributed by atoms with Gasteiger partial charge in [-0.2, -0.15) is 13.2 Å². The van der Waals surface area contributed by atoms with Gasteiger partial charge in [0.05, 0.1) is 17.2 Å². The van der Waals surface area contributed by atoms with Crippen LogP contribution in [0, 0.1) is 0 Å². The first-order valence-corrected chi connectivity index (χ1v) is 7.56. The molecule has 0 spiro atoms. The second-order valence-corrected chi connectivity index (χ2v) is 5.44. The number of rotatable bonds is 3. The number of H-pyrrole nitrogens is 1. The molecule has 4 heterocycles. The Labute approximate surface area is 145 Å². The second kappa shape index (κ2) is 6.10. The van der Waals surface area contributed by atoms with Crippen LogP contribution in [0.15, 0.2) is 55.0 Å². The zero-order valence-electron chi connectivity index (χ0n) is 13.1. The van der Waals surface area contributed by atoms with Gasteiger partial charge in [-0.05, 0) is 24.3 Å². The van der Waals surface area contributed by atoms with Crippen molar-refractivity contribution in [2.75, 3.05) is 5.32 Å².